The van der Waals surface area contributed by atoms with Gasteiger partial charge in [-0.2, -0.15) is 0 Å². The largest absolute Gasteiger partial charge is 0.325 e. The van der Waals surface area contributed by atoms with Gasteiger partial charge in [0.15, 0.2) is 14.9 Å². The molecular weight excluding hydrogens is 349 g/mol. The molecule has 0 aromatic carbocycles. The summed E-state index contributed by atoms with van der Waals surface area (Å²) in [6.07, 6.45) is 4.93. The molecule has 0 bridgehead atoms. The molecule has 1 amide bonds. The second-order valence-corrected chi connectivity index (χ2v) is 7.07. The van der Waals surface area contributed by atoms with Crippen molar-refractivity contribution in [3.8, 4) is 0 Å². The molecule has 0 radical (unpaired) electrons. The highest BCUT2D eigenvalue weighted by Crippen LogP contribution is 2.15. The molecule has 1 aliphatic rings. The summed E-state index contributed by atoms with van der Waals surface area (Å²) in [7, 11) is -3.30. The second kappa shape index (κ2) is 9.29. The Labute approximate surface area is 143 Å². The number of halogens is 2. The maximum absolute atomic E-state index is 11.8. The van der Waals surface area contributed by atoms with Crippen molar-refractivity contribution in [2.24, 2.45) is 5.92 Å². The molecule has 1 atom stereocenters. The fourth-order valence-electron chi connectivity index (χ4n) is 2.19. The fourth-order valence-corrected chi connectivity index (χ4v) is 2.75. The number of nitrogens with zero attached hydrogens (tertiary/aromatic N) is 1. The summed E-state index contributed by atoms with van der Waals surface area (Å²) in [5, 5.41) is 6.00. The number of rotatable bonds is 5. The van der Waals surface area contributed by atoms with Crippen LogP contribution in [0.5, 0.6) is 0 Å². The Morgan fingerprint density at radius 2 is 2.14 bits per heavy atom. The van der Waals surface area contributed by atoms with E-state index in [4.69, 9.17) is 0 Å². The van der Waals surface area contributed by atoms with E-state index in [2.05, 4.69) is 15.6 Å². The Kier molecular flexibility index (Phi) is 8.92. The second-order valence-electron chi connectivity index (χ2n) is 5.10. The number of sulfone groups is 1. The zero-order valence-electron chi connectivity index (χ0n) is 12.2. The Balaban J connectivity index is 0.00000220. The molecule has 1 saturated heterocycles. The average Bonchev–Trinajstić information content (AvgIpc) is 2.89. The minimum atomic E-state index is -3.30. The van der Waals surface area contributed by atoms with E-state index in [0.717, 1.165) is 32.2 Å². The quantitative estimate of drug-likeness (QED) is 0.823. The van der Waals surface area contributed by atoms with Gasteiger partial charge in [0, 0.05) is 12.7 Å². The molecule has 6 nitrogen and oxygen atoms in total. The Morgan fingerprint density at radius 1 is 1.41 bits per heavy atom. The van der Waals surface area contributed by atoms with Crippen molar-refractivity contribution in [3.63, 3.8) is 0 Å². The van der Waals surface area contributed by atoms with Gasteiger partial charge < -0.3 is 10.6 Å². The molecule has 1 aliphatic heterocycles. The van der Waals surface area contributed by atoms with E-state index >= 15 is 0 Å². The summed E-state index contributed by atoms with van der Waals surface area (Å²) in [6, 6.07) is 2.95. The van der Waals surface area contributed by atoms with E-state index in [1.54, 1.807) is 6.07 Å². The van der Waals surface area contributed by atoms with E-state index in [1.807, 2.05) is 0 Å². The molecule has 0 saturated carbocycles. The standard InChI is InChI=1S/C13H19N3O3S.2ClH/c1-20(18,19)13-5-3-11(9-15-13)16-12(17)4-2-10-6-7-14-8-10;;/h3,5,9-10,14H,2,4,6-8H2,1H3,(H,16,17);2*1H. The van der Waals surface area contributed by atoms with Gasteiger partial charge in [0.25, 0.3) is 0 Å². The van der Waals surface area contributed by atoms with Gasteiger partial charge in [0.05, 0.1) is 11.9 Å². The first-order valence-electron chi connectivity index (χ1n) is 6.62. The van der Waals surface area contributed by atoms with Crippen LogP contribution in [0.2, 0.25) is 0 Å². The first-order valence-corrected chi connectivity index (χ1v) is 8.51. The lowest BCUT2D eigenvalue weighted by molar-refractivity contribution is -0.116. The van der Waals surface area contributed by atoms with Crippen LogP contribution in [0.3, 0.4) is 0 Å². The molecule has 2 heterocycles. The molecule has 0 aliphatic carbocycles. The first kappa shape index (κ1) is 21.1. The molecule has 1 aromatic heterocycles. The van der Waals surface area contributed by atoms with Crippen LogP contribution in [-0.4, -0.2) is 38.7 Å². The third-order valence-corrected chi connectivity index (χ3v) is 4.34. The smallest absolute Gasteiger partial charge is 0.224 e. The highest BCUT2D eigenvalue weighted by atomic mass is 35.5. The Morgan fingerprint density at radius 3 is 2.64 bits per heavy atom. The van der Waals surface area contributed by atoms with Crippen LogP contribution in [0.15, 0.2) is 23.4 Å². The lowest BCUT2D eigenvalue weighted by Crippen LogP contribution is -2.15. The molecular formula is C13H21Cl2N3O3S. The van der Waals surface area contributed by atoms with Gasteiger partial charge in [-0.15, -0.1) is 24.8 Å². The number of aromatic nitrogens is 1. The van der Waals surface area contributed by atoms with Crippen molar-refractivity contribution in [3.05, 3.63) is 18.3 Å². The average molecular weight is 370 g/mol. The van der Waals surface area contributed by atoms with Gasteiger partial charge in [-0.05, 0) is 44.0 Å². The highest BCUT2D eigenvalue weighted by Gasteiger charge is 2.16. The van der Waals surface area contributed by atoms with Crippen molar-refractivity contribution in [2.45, 2.75) is 24.3 Å². The third kappa shape index (κ3) is 6.48. The van der Waals surface area contributed by atoms with Gasteiger partial charge >= 0.3 is 0 Å². The summed E-state index contributed by atoms with van der Waals surface area (Å²) in [6.45, 7) is 2.01. The zero-order chi connectivity index (χ0) is 14.6. The first-order chi connectivity index (χ1) is 9.45. The Hall–Kier alpha value is -0.890. The normalized spacial score (nSPS) is 17.2. The highest BCUT2D eigenvalue weighted by molar-refractivity contribution is 7.90. The lowest BCUT2D eigenvalue weighted by Gasteiger charge is -2.08. The van der Waals surface area contributed by atoms with Crippen molar-refractivity contribution in [1.29, 1.82) is 0 Å². The van der Waals surface area contributed by atoms with Gasteiger partial charge in [0.1, 0.15) is 0 Å². The van der Waals surface area contributed by atoms with Gasteiger partial charge in [-0.3, -0.25) is 4.79 Å². The molecule has 126 valence electrons. The topological polar surface area (TPSA) is 88.2 Å². The minimum absolute atomic E-state index is 0. The minimum Gasteiger partial charge on any atom is -0.325 e. The maximum Gasteiger partial charge on any atom is 0.224 e. The molecule has 22 heavy (non-hydrogen) atoms. The Bertz CT molecular complexity index is 573. The van der Waals surface area contributed by atoms with Crippen molar-refractivity contribution in [1.82, 2.24) is 10.3 Å². The van der Waals surface area contributed by atoms with E-state index in [0.29, 0.717) is 18.0 Å². The number of carbonyl (C=O) groups is 1. The molecule has 2 rings (SSSR count). The van der Waals surface area contributed by atoms with Crippen molar-refractivity contribution < 1.29 is 13.2 Å². The van der Waals surface area contributed by atoms with Crippen LogP contribution >= 0.6 is 24.8 Å². The van der Waals surface area contributed by atoms with Gasteiger partial charge in [0.2, 0.25) is 5.91 Å². The summed E-state index contributed by atoms with van der Waals surface area (Å²) in [5.74, 6) is 0.511. The number of anilines is 1. The van der Waals surface area contributed by atoms with Crippen molar-refractivity contribution in [2.75, 3.05) is 24.7 Å². The molecule has 1 unspecified atom stereocenters. The molecule has 2 N–H and O–H groups in total. The van der Waals surface area contributed by atoms with Crippen LogP contribution in [0.25, 0.3) is 0 Å². The summed E-state index contributed by atoms with van der Waals surface area (Å²) in [4.78, 5) is 15.6. The van der Waals surface area contributed by atoms with E-state index < -0.39 is 9.84 Å². The summed E-state index contributed by atoms with van der Waals surface area (Å²) < 4.78 is 22.5. The zero-order valence-corrected chi connectivity index (χ0v) is 14.7. The number of pyridine rings is 1. The van der Waals surface area contributed by atoms with Crippen molar-refractivity contribution >= 4 is 46.2 Å². The van der Waals surface area contributed by atoms with Crippen LogP contribution in [0.1, 0.15) is 19.3 Å². The number of carbonyl (C=O) groups excluding carboxylic acids is 1. The van der Waals surface area contributed by atoms with E-state index in [1.165, 1.54) is 12.3 Å². The van der Waals surface area contributed by atoms with E-state index in [9.17, 15) is 13.2 Å². The van der Waals surface area contributed by atoms with Gasteiger partial charge in [-0.25, -0.2) is 13.4 Å². The number of amides is 1. The fraction of sp³-hybridized carbons (Fsp3) is 0.538. The van der Waals surface area contributed by atoms with Crippen LogP contribution < -0.4 is 10.6 Å². The van der Waals surface area contributed by atoms with E-state index in [-0.39, 0.29) is 35.7 Å². The molecule has 1 aromatic rings. The van der Waals surface area contributed by atoms with Crippen LogP contribution in [0, 0.1) is 5.92 Å². The van der Waals surface area contributed by atoms with Gasteiger partial charge in [-0.1, -0.05) is 0 Å². The number of hydrogen-bond donors (Lipinski definition) is 2. The molecule has 9 heteroatoms. The lowest BCUT2D eigenvalue weighted by atomic mass is 10.0. The predicted molar refractivity (Wildman–Crippen MR) is 90.7 cm³/mol. The SMILES string of the molecule is CS(=O)(=O)c1ccc(NC(=O)CCC2CCNC2)cn1.Cl.Cl. The maximum atomic E-state index is 11.8. The molecule has 1 fully saturated rings. The number of nitrogens with one attached hydrogen (secondary N) is 2. The number of hydrogen-bond acceptors (Lipinski definition) is 5. The predicted octanol–water partition coefficient (Wildman–Crippen LogP) is 1.66. The van der Waals surface area contributed by atoms with Crippen LogP contribution in [-0.2, 0) is 14.6 Å². The molecule has 0 spiro atoms. The monoisotopic (exact) mass is 369 g/mol. The summed E-state index contributed by atoms with van der Waals surface area (Å²) >= 11 is 0. The van der Waals surface area contributed by atoms with Crippen LogP contribution in [0.4, 0.5) is 5.69 Å². The summed E-state index contributed by atoms with van der Waals surface area (Å²) in [5.41, 5.74) is 0.520. The third-order valence-electron chi connectivity index (χ3n) is 3.34.